The standard InChI is InChI=1S/C18H20N4O5/c1-24-15-8-16(25-2)20-18(19-15)22-6-5-21(17(23)10-22)9-12-3-4-13-14(7-12)27-11-26-13/h3-4,7-8H,5-6,9-11H2,1-2H3. The zero-order valence-corrected chi connectivity index (χ0v) is 15.2. The number of aromatic nitrogens is 2. The fourth-order valence-corrected chi connectivity index (χ4v) is 3.05. The molecule has 3 heterocycles. The molecule has 2 aliphatic rings. The number of amides is 1. The Labute approximate surface area is 156 Å². The predicted octanol–water partition coefficient (Wildman–Crippen LogP) is 1.07. The van der Waals surface area contributed by atoms with Gasteiger partial charge in [-0.2, -0.15) is 9.97 Å². The Bertz CT molecular complexity index is 837. The maximum atomic E-state index is 12.6. The van der Waals surface area contributed by atoms with Crippen LogP contribution in [0.3, 0.4) is 0 Å². The summed E-state index contributed by atoms with van der Waals surface area (Å²) in [7, 11) is 3.06. The smallest absolute Gasteiger partial charge is 0.242 e. The molecule has 0 atom stereocenters. The maximum Gasteiger partial charge on any atom is 0.242 e. The van der Waals surface area contributed by atoms with E-state index in [2.05, 4.69) is 9.97 Å². The third-order valence-electron chi connectivity index (χ3n) is 4.50. The molecule has 142 valence electrons. The molecule has 27 heavy (non-hydrogen) atoms. The van der Waals surface area contributed by atoms with E-state index < -0.39 is 0 Å². The Morgan fingerprint density at radius 2 is 1.78 bits per heavy atom. The molecule has 1 fully saturated rings. The van der Waals surface area contributed by atoms with E-state index in [1.165, 1.54) is 14.2 Å². The third kappa shape index (κ3) is 3.53. The van der Waals surface area contributed by atoms with E-state index in [-0.39, 0.29) is 19.2 Å². The minimum atomic E-state index is 0.00398. The first-order valence-electron chi connectivity index (χ1n) is 8.54. The van der Waals surface area contributed by atoms with Crippen molar-refractivity contribution in [1.82, 2.24) is 14.9 Å². The van der Waals surface area contributed by atoms with Crippen LogP contribution in [0, 0.1) is 0 Å². The van der Waals surface area contributed by atoms with Crippen molar-refractivity contribution in [3.05, 3.63) is 29.8 Å². The number of hydrogen-bond donors (Lipinski definition) is 0. The van der Waals surface area contributed by atoms with E-state index in [1.807, 2.05) is 28.0 Å². The van der Waals surface area contributed by atoms with Crippen LogP contribution in [0.15, 0.2) is 24.3 Å². The zero-order valence-electron chi connectivity index (χ0n) is 15.2. The van der Waals surface area contributed by atoms with Crippen molar-refractivity contribution in [2.24, 2.45) is 0 Å². The molecule has 0 aliphatic carbocycles. The molecule has 4 rings (SSSR count). The second-order valence-electron chi connectivity index (χ2n) is 6.18. The minimum absolute atomic E-state index is 0.00398. The number of carbonyl (C=O) groups is 1. The average molecular weight is 372 g/mol. The van der Waals surface area contributed by atoms with Crippen LogP contribution in [-0.2, 0) is 11.3 Å². The van der Waals surface area contributed by atoms with Gasteiger partial charge in [0.2, 0.25) is 30.4 Å². The van der Waals surface area contributed by atoms with E-state index >= 15 is 0 Å². The molecule has 9 heteroatoms. The number of carbonyl (C=O) groups excluding carboxylic acids is 1. The van der Waals surface area contributed by atoms with Crippen LogP contribution in [0.1, 0.15) is 5.56 Å². The highest BCUT2D eigenvalue weighted by Gasteiger charge is 2.27. The van der Waals surface area contributed by atoms with Crippen LogP contribution in [0.25, 0.3) is 0 Å². The summed E-state index contributed by atoms with van der Waals surface area (Å²) in [5, 5.41) is 0. The molecule has 1 aromatic carbocycles. The van der Waals surface area contributed by atoms with Gasteiger partial charge in [-0.15, -0.1) is 0 Å². The lowest BCUT2D eigenvalue weighted by atomic mass is 10.1. The van der Waals surface area contributed by atoms with Crippen molar-refractivity contribution < 1.29 is 23.7 Å². The van der Waals surface area contributed by atoms with Gasteiger partial charge in [-0.3, -0.25) is 4.79 Å². The number of nitrogens with zero attached hydrogens (tertiary/aromatic N) is 4. The Morgan fingerprint density at radius 1 is 1.04 bits per heavy atom. The molecule has 0 bridgehead atoms. The lowest BCUT2D eigenvalue weighted by Gasteiger charge is -2.34. The molecule has 1 aromatic heterocycles. The summed E-state index contributed by atoms with van der Waals surface area (Å²) in [6.45, 7) is 2.13. The van der Waals surface area contributed by atoms with Crippen molar-refractivity contribution in [3.63, 3.8) is 0 Å². The van der Waals surface area contributed by atoms with Crippen LogP contribution < -0.4 is 23.8 Å². The number of anilines is 1. The molecule has 9 nitrogen and oxygen atoms in total. The van der Waals surface area contributed by atoms with Crippen LogP contribution >= 0.6 is 0 Å². The van der Waals surface area contributed by atoms with E-state index in [0.29, 0.717) is 37.3 Å². The summed E-state index contributed by atoms with van der Waals surface area (Å²) in [6, 6.07) is 7.33. The van der Waals surface area contributed by atoms with E-state index in [0.717, 1.165) is 17.1 Å². The zero-order chi connectivity index (χ0) is 18.8. The van der Waals surface area contributed by atoms with Crippen molar-refractivity contribution >= 4 is 11.9 Å². The highest BCUT2D eigenvalue weighted by molar-refractivity contribution is 5.82. The lowest BCUT2D eigenvalue weighted by molar-refractivity contribution is -0.131. The third-order valence-corrected chi connectivity index (χ3v) is 4.50. The number of benzene rings is 1. The fourth-order valence-electron chi connectivity index (χ4n) is 3.05. The first-order valence-corrected chi connectivity index (χ1v) is 8.54. The molecule has 0 N–H and O–H groups in total. The summed E-state index contributed by atoms with van der Waals surface area (Å²) < 4.78 is 21.1. The van der Waals surface area contributed by atoms with E-state index in [4.69, 9.17) is 18.9 Å². The van der Waals surface area contributed by atoms with Crippen LogP contribution in [-0.4, -0.2) is 61.4 Å². The largest absolute Gasteiger partial charge is 0.481 e. The second-order valence-corrected chi connectivity index (χ2v) is 6.18. The van der Waals surface area contributed by atoms with Gasteiger partial charge in [-0.05, 0) is 17.7 Å². The number of rotatable bonds is 5. The molecule has 2 aromatic rings. The minimum Gasteiger partial charge on any atom is -0.481 e. The average Bonchev–Trinajstić information content (AvgIpc) is 3.17. The summed E-state index contributed by atoms with van der Waals surface area (Å²) in [5.41, 5.74) is 1.00. The molecular weight excluding hydrogens is 352 g/mol. The highest BCUT2D eigenvalue weighted by Crippen LogP contribution is 2.33. The van der Waals surface area contributed by atoms with Gasteiger partial charge in [0.05, 0.1) is 20.3 Å². The number of fused-ring (bicyclic) bond motifs is 1. The summed E-state index contributed by atoms with van der Waals surface area (Å²) in [5.74, 6) is 2.67. The number of piperazine rings is 1. The van der Waals surface area contributed by atoms with Gasteiger partial charge < -0.3 is 28.7 Å². The monoisotopic (exact) mass is 372 g/mol. The number of hydrogen-bond acceptors (Lipinski definition) is 8. The fraction of sp³-hybridized carbons (Fsp3) is 0.389. The SMILES string of the molecule is COc1cc(OC)nc(N2CCN(Cc3ccc4c(c3)OCO4)C(=O)C2)n1. The summed E-state index contributed by atoms with van der Waals surface area (Å²) in [4.78, 5) is 24.9. The number of ether oxygens (including phenoxy) is 4. The second kappa shape index (κ2) is 7.18. The van der Waals surface area contributed by atoms with Gasteiger partial charge in [0, 0.05) is 19.6 Å². The predicted molar refractivity (Wildman–Crippen MR) is 95.3 cm³/mol. The number of methoxy groups -OCH3 is 2. The Kier molecular flexibility index (Phi) is 4.57. The highest BCUT2D eigenvalue weighted by atomic mass is 16.7. The van der Waals surface area contributed by atoms with Gasteiger partial charge in [0.1, 0.15) is 6.54 Å². The Morgan fingerprint density at radius 3 is 2.48 bits per heavy atom. The molecular formula is C18H20N4O5. The van der Waals surface area contributed by atoms with Crippen molar-refractivity contribution in [2.45, 2.75) is 6.54 Å². The summed E-state index contributed by atoms with van der Waals surface area (Å²) >= 11 is 0. The van der Waals surface area contributed by atoms with E-state index in [9.17, 15) is 4.79 Å². The van der Waals surface area contributed by atoms with Crippen LogP contribution in [0.4, 0.5) is 5.95 Å². The normalized spacial score (nSPS) is 15.9. The molecule has 1 amide bonds. The van der Waals surface area contributed by atoms with Crippen LogP contribution in [0.5, 0.6) is 23.3 Å². The lowest BCUT2D eigenvalue weighted by Crippen LogP contribution is -2.50. The van der Waals surface area contributed by atoms with Crippen molar-refractivity contribution in [2.75, 3.05) is 45.5 Å². The Hall–Kier alpha value is -3.23. The topological polar surface area (TPSA) is 86.3 Å². The maximum absolute atomic E-state index is 12.6. The van der Waals surface area contributed by atoms with Gasteiger partial charge in [-0.1, -0.05) is 6.07 Å². The quantitative estimate of drug-likeness (QED) is 0.770. The van der Waals surface area contributed by atoms with E-state index in [1.54, 1.807) is 6.07 Å². The molecule has 0 spiro atoms. The van der Waals surface area contributed by atoms with Crippen molar-refractivity contribution in [1.29, 1.82) is 0 Å². The first-order chi connectivity index (χ1) is 13.2. The molecule has 2 aliphatic heterocycles. The summed E-state index contributed by atoms with van der Waals surface area (Å²) in [6.07, 6.45) is 0. The molecule has 0 radical (unpaired) electrons. The molecule has 1 saturated heterocycles. The van der Waals surface area contributed by atoms with Crippen molar-refractivity contribution in [3.8, 4) is 23.3 Å². The van der Waals surface area contributed by atoms with Gasteiger partial charge >= 0.3 is 0 Å². The molecule has 0 saturated carbocycles. The van der Waals surface area contributed by atoms with Gasteiger partial charge in [0.25, 0.3) is 0 Å². The molecule has 0 unspecified atom stereocenters. The van der Waals surface area contributed by atoms with Crippen LogP contribution in [0.2, 0.25) is 0 Å². The first kappa shape index (κ1) is 17.2. The Balaban J connectivity index is 1.44. The van der Waals surface area contributed by atoms with Gasteiger partial charge in [-0.25, -0.2) is 0 Å². The van der Waals surface area contributed by atoms with Gasteiger partial charge in [0.15, 0.2) is 11.5 Å².